The van der Waals surface area contributed by atoms with Gasteiger partial charge in [0, 0.05) is 24.9 Å². The van der Waals surface area contributed by atoms with Gasteiger partial charge in [0.25, 0.3) is 0 Å². The zero-order valence-corrected chi connectivity index (χ0v) is 13.4. The average Bonchev–Trinajstić information content (AvgIpc) is 2.88. The molecule has 0 unspecified atom stereocenters. The van der Waals surface area contributed by atoms with Crippen molar-refractivity contribution in [3.05, 3.63) is 17.1 Å². The first-order valence-electron chi connectivity index (χ1n) is 7.72. The van der Waals surface area contributed by atoms with Crippen molar-refractivity contribution >= 4 is 5.82 Å². The Labute approximate surface area is 122 Å². The number of aryl methyl sites for hydroxylation is 1. The second-order valence-electron chi connectivity index (χ2n) is 5.99. The fraction of sp³-hybridized carbons (Fsp3) is 0.750. The van der Waals surface area contributed by atoms with Gasteiger partial charge in [-0.1, -0.05) is 13.8 Å². The van der Waals surface area contributed by atoms with Crippen molar-refractivity contribution in [1.29, 1.82) is 0 Å². The highest BCUT2D eigenvalue weighted by Crippen LogP contribution is 2.41. The van der Waals surface area contributed by atoms with Crippen LogP contribution in [0.25, 0.3) is 0 Å². The molecule has 0 spiro atoms. The van der Waals surface area contributed by atoms with Crippen molar-refractivity contribution in [3.63, 3.8) is 0 Å². The summed E-state index contributed by atoms with van der Waals surface area (Å²) < 4.78 is 5.82. The number of hydrogen-bond donors (Lipinski definition) is 1. The lowest BCUT2D eigenvalue weighted by molar-refractivity contribution is -0.0163. The van der Waals surface area contributed by atoms with Crippen LogP contribution in [0.4, 0.5) is 5.82 Å². The van der Waals surface area contributed by atoms with Gasteiger partial charge in [0.05, 0.1) is 0 Å². The van der Waals surface area contributed by atoms with Crippen molar-refractivity contribution in [1.82, 2.24) is 9.97 Å². The van der Waals surface area contributed by atoms with E-state index in [2.05, 4.69) is 33.0 Å². The summed E-state index contributed by atoms with van der Waals surface area (Å²) in [6, 6.07) is 0. The van der Waals surface area contributed by atoms with E-state index in [0.717, 1.165) is 36.7 Å². The number of nitrogens with one attached hydrogen (secondary N) is 1. The fourth-order valence-corrected chi connectivity index (χ4v) is 3.24. The van der Waals surface area contributed by atoms with Crippen LogP contribution in [0.5, 0.6) is 0 Å². The molecule has 1 heterocycles. The van der Waals surface area contributed by atoms with Gasteiger partial charge in [-0.15, -0.1) is 0 Å². The number of methoxy groups -OCH3 is 1. The van der Waals surface area contributed by atoms with Gasteiger partial charge in [-0.05, 0) is 45.4 Å². The van der Waals surface area contributed by atoms with E-state index in [-0.39, 0.29) is 5.60 Å². The van der Waals surface area contributed by atoms with Gasteiger partial charge in [0.15, 0.2) is 5.82 Å². The predicted octanol–water partition coefficient (Wildman–Crippen LogP) is 3.76. The molecule has 0 atom stereocenters. The number of aromatic nitrogens is 2. The Kier molecular flexibility index (Phi) is 4.63. The molecule has 1 aliphatic carbocycles. The summed E-state index contributed by atoms with van der Waals surface area (Å²) in [5, 5.41) is 3.40. The van der Waals surface area contributed by atoms with E-state index in [0.29, 0.717) is 5.92 Å². The quantitative estimate of drug-likeness (QED) is 0.890. The molecule has 4 nitrogen and oxygen atoms in total. The highest BCUT2D eigenvalue weighted by atomic mass is 16.5. The Morgan fingerprint density at radius 3 is 2.40 bits per heavy atom. The first-order chi connectivity index (χ1) is 9.54. The second-order valence-corrected chi connectivity index (χ2v) is 5.99. The predicted molar refractivity (Wildman–Crippen MR) is 82.2 cm³/mol. The summed E-state index contributed by atoms with van der Waals surface area (Å²) in [6.45, 7) is 9.43. The van der Waals surface area contributed by atoms with Gasteiger partial charge in [-0.2, -0.15) is 0 Å². The molecule has 112 valence electrons. The van der Waals surface area contributed by atoms with E-state index in [1.165, 1.54) is 18.4 Å². The Morgan fingerprint density at radius 2 is 1.90 bits per heavy atom. The molecule has 1 aliphatic rings. The van der Waals surface area contributed by atoms with Crippen LogP contribution < -0.4 is 5.32 Å². The largest absolute Gasteiger partial charge is 0.370 e. The van der Waals surface area contributed by atoms with Crippen LogP contribution in [-0.2, 0) is 10.3 Å². The van der Waals surface area contributed by atoms with Gasteiger partial charge in [0.1, 0.15) is 11.4 Å². The molecule has 0 radical (unpaired) electrons. The van der Waals surface area contributed by atoms with E-state index in [4.69, 9.17) is 14.7 Å². The van der Waals surface area contributed by atoms with E-state index in [9.17, 15) is 0 Å². The lowest BCUT2D eigenvalue weighted by Gasteiger charge is -2.27. The van der Waals surface area contributed by atoms with Gasteiger partial charge in [-0.3, -0.25) is 0 Å². The lowest BCUT2D eigenvalue weighted by atomic mass is 9.98. The van der Waals surface area contributed by atoms with Gasteiger partial charge >= 0.3 is 0 Å². The SMILES string of the molecule is CCNc1nc(C2(OC)CCCC2)nc(C)c1C(C)C. The molecular formula is C16H27N3O. The summed E-state index contributed by atoms with van der Waals surface area (Å²) in [5.74, 6) is 2.25. The molecule has 1 fully saturated rings. The molecule has 1 N–H and O–H groups in total. The van der Waals surface area contributed by atoms with Crippen molar-refractivity contribution < 1.29 is 4.74 Å². The van der Waals surface area contributed by atoms with Crippen LogP contribution in [-0.4, -0.2) is 23.6 Å². The van der Waals surface area contributed by atoms with Crippen molar-refractivity contribution in [2.24, 2.45) is 0 Å². The third-order valence-corrected chi connectivity index (χ3v) is 4.27. The van der Waals surface area contributed by atoms with Gasteiger partial charge in [-0.25, -0.2) is 9.97 Å². The van der Waals surface area contributed by atoms with E-state index in [1.807, 2.05) is 0 Å². The Hall–Kier alpha value is -1.16. The maximum absolute atomic E-state index is 5.82. The Balaban J connectivity index is 2.50. The molecule has 1 aromatic rings. The summed E-state index contributed by atoms with van der Waals surface area (Å²) in [7, 11) is 1.79. The van der Waals surface area contributed by atoms with E-state index in [1.54, 1.807) is 7.11 Å². The minimum Gasteiger partial charge on any atom is -0.370 e. The van der Waals surface area contributed by atoms with Gasteiger partial charge < -0.3 is 10.1 Å². The molecule has 0 bridgehead atoms. The van der Waals surface area contributed by atoms with Crippen molar-refractivity contribution in [2.75, 3.05) is 19.0 Å². The van der Waals surface area contributed by atoms with Crippen LogP contribution in [0.2, 0.25) is 0 Å². The first kappa shape index (κ1) is 15.2. The monoisotopic (exact) mass is 277 g/mol. The topological polar surface area (TPSA) is 47.0 Å². The highest BCUT2D eigenvalue weighted by Gasteiger charge is 2.39. The summed E-state index contributed by atoms with van der Waals surface area (Å²) >= 11 is 0. The van der Waals surface area contributed by atoms with Crippen LogP contribution in [0, 0.1) is 6.92 Å². The maximum Gasteiger partial charge on any atom is 0.162 e. The highest BCUT2D eigenvalue weighted by molar-refractivity contribution is 5.48. The molecule has 0 saturated heterocycles. The second kappa shape index (κ2) is 6.08. The average molecular weight is 277 g/mol. The Morgan fingerprint density at radius 1 is 1.25 bits per heavy atom. The summed E-state index contributed by atoms with van der Waals surface area (Å²) in [5.41, 5.74) is 2.02. The number of rotatable bonds is 5. The molecule has 20 heavy (non-hydrogen) atoms. The summed E-state index contributed by atoms with van der Waals surface area (Å²) in [6.07, 6.45) is 4.43. The Bertz CT molecular complexity index is 465. The molecule has 0 aromatic carbocycles. The maximum atomic E-state index is 5.82. The standard InChI is InChI=1S/C16H27N3O/c1-6-17-14-13(11(2)3)12(4)18-15(19-14)16(20-5)9-7-8-10-16/h11H,6-10H2,1-5H3,(H,17,18,19). The van der Waals surface area contributed by atoms with E-state index < -0.39 is 0 Å². The fourth-order valence-electron chi connectivity index (χ4n) is 3.24. The molecule has 0 aliphatic heterocycles. The lowest BCUT2D eigenvalue weighted by Crippen LogP contribution is -2.28. The van der Waals surface area contributed by atoms with Gasteiger partial charge in [0.2, 0.25) is 0 Å². The normalized spacial score (nSPS) is 17.7. The molecule has 0 amide bonds. The molecule has 1 saturated carbocycles. The van der Waals surface area contributed by atoms with Crippen LogP contribution in [0.15, 0.2) is 0 Å². The number of anilines is 1. The van der Waals surface area contributed by atoms with Crippen LogP contribution >= 0.6 is 0 Å². The van der Waals surface area contributed by atoms with E-state index >= 15 is 0 Å². The minimum absolute atomic E-state index is 0.273. The molecule has 2 rings (SSSR count). The van der Waals surface area contributed by atoms with Crippen molar-refractivity contribution in [2.45, 2.75) is 64.9 Å². The number of ether oxygens (including phenoxy) is 1. The molecule has 4 heteroatoms. The number of nitrogens with zero attached hydrogens (tertiary/aromatic N) is 2. The first-order valence-corrected chi connectivity index (χ1v) is 7.72. The minimum atomic E-state index is -0.273. The van der Waals surface area contributed by atoms with Crippen LogP contribution in [0.3, 0.4) is 0 Å². The molecule has 1 aromatic heterocycles. The number of hydrogen-bond acceptors (Lipinski definition) is 4. The van der Waals surface area contributed by atoms with Crippen LogP contribution in [0.1, 0.15) is 69.5 Å². The zero-order chi connectivity index (χ0) is 14.8. The smallest absolute Gasteiger partial charge is 0.162 e. The van der Waals surface area contributed by atoms with Crippen molar-refractivity contribution in [3.8, 4) is 0 Å². The third-order valence-electron chi connectivity index (χ3n) is 4.27. The third kappa shape index (κ3) is 2.66. The summed E-state index contributed by atoms with van der Waals surface area (Å²) in [4.78, 5) is 9.61. The molecular weight excluding hydrogens is 250 g/mol. The zero-order valence-electron chi connectivity index (χ0n) is 13.4.